The second-order valence-electron chi connectivity index (χ2n) is 6.23. The van der Waals surface area contributed by atoms with E-state index in [0.717, 1.165) is 11.3 Å². The third-order valence-corrected chi connectivity index (χ3v) is 5.15. The molecule has 1 heterocycles. The smallest absolute Gasteiger partial charge is 0.311 e. The van der Waals surface area contributed by atoms with Crippen LogP contribution in [0.15, 0.2) is 40.8 Å². The highest BCUT2D eigenvalue weighted by atomic mass is 32.1. The summed E-state index contributed by atoms with van der Waals surface area (Å²) in [6.45, 7) is 4.13. The monoisotopic (exact) mass is 412 g/mol. The van der Waals surface area contributed by atoms with Crippen molar-refractivity contribution in [3.8, 4) is 22.8 Å². The van der Waals surface area contributed by atoms with Crippen LogP contribution in [0.3, 0.4) is 0 Å². The van der Waals surface area contributed by atoms with Crippen molar-refractivity contribution in [2.75, 3.05) is 19.6 Å². The average molecular weight is 412 g/mol. The normalized spacial score (nSPS) is 10.9. The van der Waals surface area contributed by atoms with Crippen LogP contribution < -0.4 is 14.9 Å². The number of methoxy groups -OCH3 is 2. The molecule has 0 saturated heterocycles. The number of hydrogen-bond acceptors (Lipinski definition) is 8. The van der Waals surface area contributed by atoms with Gasteiger partial charge < -0.3 is 9.47 Å². The van der Waals surface area contributed by atoms with Crippen molar-refractivity contribution in [2.24, 2.45) is 5.10 Å². The van der Waals surface area contributed by atoms with Gasteiger partial charge in [-0.3, -0.25) is 15.5 Å². The predicted molar refractivity (Wildman–Crippen MR) is 114 cm³/mol. The first kappa shape index (κ1) is 20.3. The van der Waals surface area contributed by atoms with E-state index < -0.39 is 4.92 Å². The molecule has 0 saturated carbocycles. The Morgan fingerprint density at radius 2 is 1.90 bits per heavy atom. The van der Waals surface area contributed by atoms with Gasteiger partial charge in [0.15, 0.2) is 0 Å². The molecule has 1 N–H and O–H groups in total. The molecule has 0 aliphatic heterocycles. The van der Waals surface area contributed by atoms with Crippen LogP contribution in [0.25, 0.3) is 11.3 Å². The Kier molecular flexibility index (Phi) is 6.08. The number of nitro benzene ring substituents is 1. The Labute approximate surface area is 172 Å². The Bertz CT molecular complexity index is 1080. The standard InChI is InChI=1S/C20H20N4O4S/c1-12-5-6-14(7-13(12)2)16-11-29-20(22-16)23-21-10-15-8-17(24(25)26)19(28-4)9-18(15)27-3/h5-11H,1-4H3,(H,22,23)/b21-10-. The fourth-order valence-corrected chi connectivity index (χ4v) is 3.33. The molecule has 0 aliphatic carbocycles. The highest BCUT2D eigenvalue weighted by Gasteiger charge is 2.18. The maximum atomic E-state index is 11.2. The lowest BCUT2D eigenvalue weighted by Gasteiger charge is -2.08. The number of anilines is 1. The van der Waals surface area contributed by atoms with Gasteiger partial charge in [-0.25, -0.2) is 4.98 Å². The fraction of sp³-hybridized carbons (Fsp3) is 0.200. The van der Waals surface area contributed by atoms with Gasteiger partial charge in [-0.2, -0.15) is 5.10 Å². The van der Waals surface area contributed by atoms with Crippen molar-refractivity contribution in [1.29, 1.82) is 0 Å². The Balaban J connectivity index is 1.79. The maximum absolute atomic E-state index is 11.2. The van der Waals surface area contributed by atoms with Crippen LogP contribution in [0.1, 0.15) is 16.7 Å². The van der Waals surface area contributed by atoms with Crippen molar-refractivity contribution in [2.45, 2.75) is 13.8 Å². The van der Waals surface area contributed by atoms with Crippen LogP contribution in [-0.2, 0) is 0 Å². The van der Waals surface area contributed by atoms with E-state index >= 15 is 0 Å². The summed E-state index contributed by atoms with van der Waals surface area (Å²) >= 11 is 1.42. The van der Waals surface area contributed by atoms with Crippen molar-refractivity contribution in [3.63, 3.8) is 0 Å². The second kappa shape index (κ2) is 8.70. The highest BCUT2D eigenvalue weighted by molar-refractivity contribution is 7.14. The molecular weight excluding hydrogens is 392 g/mol. The van der Waals surface area contributed by atoms with Gasteiger partial charge in [-0.1, -0.05) is 12.1 Å². The summed E-state index contributed by atoms with van der Waals surface area (Å²) in [6.07, 6.45) is 1.45. The maximum Gasteiger partial charge on any atom is 0.311 e. The summed E-state index contributed by atoms with van der Waals surface area (Å²) in [6, 6.07) is 9.01. The van der Waals surface area contributed by atoms with Crippen LogP contribution in [-0.4, -0.2) is 30.3 Å². The first-order chi connectivity index (χ1) is 13.9. The van der Waals surface area contributed by atoms with Gasteiger partial charge in [0.1, 0.15) is 5.75 Å². The predicted octanol–water partition coefficient (Wildman–Crippen LogP) is 4.80. The molecule has 0 amide bonds. The molecule has 3 aromatic rings. The van der Waals surface area contributed by atoms with E-state index in [1.807, 2.05) is 11.4 Å². The van der Waals surface area contributed by atoms with Gasteiger partial charge in [-0.15, -0.1) is 11.3 Å². The molecule has 9 heteroatoms. The lowest BCUT2D eigenvalue weighted by molar-refractivity contribution is -0.385. The number of nitrogens with zero attached hydrogens (tertiary/aromatic N) is 3. The number of hydrogen-bond donors (Lipinski definition) is 1. The van der Waals surface area contributed by atoms with Crippen LogP contribution >= 0.6 is 11.3 Å². The summed E-state index contributed by atoms with van der Waals surface area (Å²) in [5.41, 5.74) is 7.46. The SMILES string of the molecule is COc1cc(OC)c([N+](=O)[O-])cc1/C=N\Nc1nc(-c2ccc(C)c(C)c2)cs1. The zero-order chi connectivity index (χ0) is 21.0. The number of aryl methyl sites for hydroxylation is 2. The van der Waals surface area contributed by atoms with E-state index in [1.54, 1.807) is 0 Å². The van der Waals surface area contributed by atoms with Crippen molar-refractivity contribution < 1.29 is 14.4 Å². The molecular formula is C20H20N4O4S. The Morgan fingerprint density at radius 3 is 2.55 bits per heavy atom. The van der Waals surface area contributed by atoms with Crippen molar-refractivity contribution in [3.05, 3.63) is 62.5 Å². The zero-order valence-electron chi connectivity index (χ0n) is 16.4. The Hall–Kier alpha value is -3.46. The molecule has 1 aromatic heterocycles. The average Bonchev–Trinajstić information content (AvgIpc) is 3.18. The number of nitrogens with one attached hydrogen (secondary N) is 1. The molecule has 29 heavy (non-hydrogen) atoms. The van der Waals surface area contributed by atoms with Crippen LogP contribution in [0.4, 0.5) is 10.8 Å². The largest absolute Gasteiger partial charge is 0.496 e. The number of rotatable bonds is 7. The first-order valence-electron chi connectivity index (χ1n) is 8.65. The van der Waals surface area contributed by atoms with E-state index in [1.165, 1.54) is 55.0 Å². The van der Waals surface area contributed by atoms with Gasteiger partial charge in [0.25, 0.3) is 0 Å². The number of nitro groups is 1. The number of ether oxygens (including phenoxy) is 2. The van der Waals surface area contributed by atoms with Gasteiger partial charge >= 0.3 is 5.69 Å². The number of aromatic nitrogens is 1. The molecule has 150 valence electrons. The quantitative estimate of drug-likeness (QED) is 0.340. The lowest BCUT2D eigenvalue weighted by atomic mass is 10.1. The third kappa shape index (κ3) is 4.52. The summed E-state index contributed by atoms with van der Waals surface area (Å²) in [4.78, 5) is 15.2. The van der Waals surface area contributed by atoms with Gasteiger partial charge in [0.05, 0.1) is 31.1 Å². The zero-order valence-corrected chi connectivity index (χ0v) is 17.2. The van der Waals surface area contributed by atoms with Crippen LogP contribution in [0, 0.1) is 24.0 Å². The third-order valence-electron chi connectivity index (χ3n) is 4.40. The van der Waals surface area contributed by atoms with Crippen LogP contribution in [0.5, 0.6) is 11.5 Å². The van der Waals surface area contributed by atoms with E-state index in [2.05, 4.69) is 41.5 Å². The second-order valence-corrected chi connectivity index (χ2v) is 7.09. The molecule has 0 bridgehead atoms. The molecule has 8 nitrogen and oxygen atoms in total. The lowest BCUT2D eigenvalue weighted by Crippen LogP contribution is -1.99. The molecule has 2 aromatic carbocycles. The minimum absolute atomic E-state index is 0.120. The molecule has 3 rings (SSSR count). The summed E-state index contributed by atoms with van der Waals surface area (Å²) in [7, 11) is 2.84. The highest BCUT2D eigenvalue weighted by Crippen LogP contribution is 2.33. The summed E-state index contributed by atoms with van der Waals surface area (Å²) in [5.74, 6) is 0.530. The summed E-state index contributed by atoms with van der Waals surface area (Å²) in [5, 5.41) is 17.9. The minimum atomic E-state index is -0.514. The van der Waals surface area contributed by atoms with Gasteiger partial charge in [-0.05, 0) is 31.0 Å². The topological polar surface area (TPSA) is 98.9 Å². The Morgan fingerprint density at radius 1 is 1.14 bits per heavy atom. The van der Waals surface area contributed by atoms with Crippen molar-refractivity contribution >= 4 is 28.4 Å². The van der Waals surface area contributed by atoms with Gasteiger partial charge in [0, 0.05) is 28.6 Å². The van der Waals surface area contributed by atoms with Gasteiger partial charge in [0.2, 0.25) is 10.9 Å². The molecule has 0 atom stereocenters. The number of hydrazone groups is 1. The van der Waals surface area contributed by atoms with E-state index in [4.69, 9.17) is 9.47 Å². The van der Waals surface area contributed by atoms with E-state index in [-0.39, 0.29) is 11.4 Å². The summed E-state index contributed by atoms with van der Waals surface area (Å²) < 4.78 is 10.3. The van der Waals surface area contributed by atoms with Crippen molar-refractivity contribution in [1.82, 2.24) is 4.98 Å². The molecule has 0 aliphatic rings. The van der Waals surface area contributed by atoms with E-state index in [9.17, 15) is 10.1 Å². The molecule has 0 spiro atoms. The molecule has 0 fully saturated rings. The number of benzene rings is 2. The molecule has 0 unspecified atom stereocenters. The minimum Gasteiger partial charge on any atom is -0.496 e. The fourth-order valence-electron chi connectivity index (χ4n) is 2.67. The van der Waals surface area contributed by atoms with Crippen LogP contribution in [0.2, 0.25) is 0 Å². The first-order valence-corrected chi connectivity index (χ1v) is 9.53. The van der Waals surface area contributed by atoms with E-state index in [0.29, 0.717) is 16.4 Å². The molecule has 0 radical (unpaired) electrons. The number of thiazole rings is 1.